The third-order valence-electron chi connectivity index (χ3n) is 3.33. The van der Waals surface area contributed by atoms with Gasteiger partial charge in [0.15, 0.2) is 5.96 Å². The van der Waals surface area contributed by atoms with Gasteiger partial charge in [-0.25, -0.2) is 4.99 Å². The summed E-state index contributed by atoms with van der Waals surface area (Å²) in [6.07, 6.45) is 2.23. The van der Waals surface area contributed by atoms with Gasteiger partial charge in [0, 0.05) is 18.7 Å². The SMILES string of the molecule is CCCCNC(=NCC(C)(O)c1cc(C)oc1C)NCC. The predicted octanol–water partition coefficient (Wildman–Crippen LogP) is 2.46. The van der Waals surface area contributed by atoms with E-state index >= 15 is 0 Å². The lowest BCUT2D eigenvalue weighted by molar-refractivity contribution is 0.0657. The van der Waals surface area contributed by atoms with E-state index in [2.05, 4.69) is 22.5 Å². The Bertz CT molecular complexity index is 464. The molecule has 0 aliphatic rings. The fourth-order valence-corrected chi connectivity index (χ4v) is 2.21. The van der Waals surface area contributed by atoms with Crippen molar-refractivity contribution in [3.8, 4) is 0 Å². The van der Waals surface area contributed by atoms with Crippen LogP contribution in [-0.4, -0.2) is 30.7 Å². The number of aliphatic imine (C=N–C) groups is 1. The molecule has 0 spiro atoms. The molecule has 0 aliphatic carbocycles. The number of nitrogens with zero attached hydrogens (tertiary/aromatic N) is 1. The van der Waals surface area contributed by atoms with Crippen molar-refractivity contribution < 1.29 is 9.52 Å². The molecule has 0 fully saturated rings. The maximum atomic E-state index is 10.6. The first kappa shape index (κ1) is 17.6. The molecule has 5 heteroatoms. The Labute approximate surface area is 127 Å². The van der Waals surface area contributed by atoms with Gasteiger partial charge in [-0.05, 0) is 40.2 Å². The molecule has 120 valence electrons. The quantitative estimate of drug-likeness (QED) is 0.410. The minimum atomic E-state index is -1.03. The predicted molar refractivity (Wildman–Crippen MR) is 86.6 cm³/mol. The molecule has 1 aromatic heterocycles. The highest BCUT2D eigenvalue weighted by Crippen LogP contribution is 2.27. The Morgan fingerprint density at radius 2 is 2.05 bits per heavy atom. The Morgan fingerprint density at radius 3 is 2.57 bits per heavy atom. The maximum absolute atomic E-state index is 10.6. The normalized spacial score (nSPS) is 14.9. The van der Waals surface area contributed by atoms with Gasteiger partial charge in [0.05, 0.1) is 6.54 Å². The molecule has 1 atom stereocenters. The third kappa shape index (κ3) is 5.42. The van der Waals surface area contributed by atoms with Gasteiger partial charge in [-0.2, -0.15) is 0 Å². The van der Waals surface area contributed by atoms with Crippen LogP contribution in [0.4, 0.5) is 0 Å². The summed E-state index contributed by atoms with van der Waals surface area (Å²) in [5, 5.41) is 17.1. The first-order chi connectivity index (χ1) is 9.90. The van der Waals surface area contributed by atoms with Gasteiger partial charge in [-0.15, -0.1) is 0 Å². The molecule has 5 nitrogen and oxygen atoms in total. The van der Waals surface area contributed by atoms with Crippen LogP contribution in [0.1, 0.15) is 50.7 Å². The van der Waals surface area contributed by atoms with Crippen molar-refractivity contribution in [2.24, 2.45) is 4.99 Å². The lowest BCUT2D eigenvalue weighted by atomic mass is 9.96. The highest BCUT2D eigenvalue weighted by atomic mass is 16.3. The molecule has 0 saturated carbocycles. The van der Waals surface area contributed by atoms with Gasteiger partial charge in [-0.1, -0.05) is 13.3 Å². The second kappa shape index (κ2) is 8.08. The summed E-state index contributed by atoms with van der Waals surface area (Å²) >= 11 is 0. The first-order valence-corrected chi connectivity index (χ1v) is 7.72. The number of guanidine groups is 1. The average Bonchev–Trinajstić information content (AvgIpc) is 2.76. The molecular weight excluding hydrogens is 266 g/mol. The third-order valence-corrected chi connectivity index (χ3v) is 3.33. The molecule has 1 rings (SSSR count). The highest BCUT2D eigenvalue weighted by molar-refractivity contribution is 5.79. The fourth-order valence-electron chi connectivity index (χ4n) is 2.21. The topological polar surface area (TPSA) is 69.8 Å². The number of aryl methyl sites for hydroxylation is 2. The van der Waals surface area contributed by atoms with Crippen LogP contribution >= 0.6 is 0 Å². The van der Waals surface area contributed by atoms with E-state index in [-0.39, 0.29) is 6.54 Å². The van der Waals surface area contributed by atoms with Crippen molar-refractivity contribution in [3.63, 3.8) is 0 Å². The van der Waals surface area contributed by atoms with E-state index in [9.17, 15) is 5.11 Å². The van der Waals surface area contributed by atoms with Crippen molar-refractivity contribution in [2.45, 2.75) is 53.1 Å². The Morgan fingerprint density at radius 1 is 1.33 bits per heavy atom. The van der Waals surface area contributed by atoms with Crippen LogP contribution in [0.25, 0.3) is 0 Å². The van der Waals surface area contributed by atoms with Gasteiger partial charge in [0.2, 0.25) is 0 Å². The number of furan rings is 1. The number of unbranched alkanes of at least 4 members (excludes halogenated alkanes) is 1. The molecule has 0 bridgehead atoms. The van der Waals surface area contributed by atoms with Crippen LogP contribution in [0.5, 0.6) is 0 Å². The van der Waals surface area contributed by atoms with Gasteiger partial charge < -0.3 is 20.2 Å². The zero-order valence-electron chi connectivity index (χ0n) is 13.9. The van der Waals surface area contributed by atoms with E-state index in [1.54, 1.807) is 6.92 Å². The molecule has 0 saturated heterocycles. The maximum Gasteiger partial charge on any atom is 0.191 e. The molecular formula is C16H29N3O2. The smallest absolute Gasteiger partial charge is 0.191 e. The lowest BCUT2D eigenvalue weighted by Gasteiger charge is -2.21. The zero-order chi connectivity index (χ0) is 15.9. The van der Waals surface area contributed by atoms with E-state index in [0.717, 1.165) is 49.0 Å². The summed E-state index contributed by atoms with van der Waals surface area (Å²) in [4.78, 5) is 4.49. The minimum absolute atomic E-state index is 0.286. The Balaban J connectivity index is 2.74. The fraction of sp³-hybridized carbons (Fsp3) is 0.688. The van der Waals surface area contributed by atoms with Crippen molar-refractivity contribution in [3.05, 3.63) is 23.2 Å². The number of aliphatic hydroxyl groups is 1. The molecule has 3 N–H and O–H groups in total. The summed E-state index contributed by atoms with van der Waals surface area (Å²) in [7, 11) is 0. The first-order valence-electron chi connectivity index (χ1n) is 7.72. The standard InChI is InChI=1S/C16H29N3O2/c1-6-8-9-18-15(17-7-2)19-11-16(5,20)14-10-12(3)21-13(14)4/h10,20H,6-9,11H2,1-5H3,(H2,17,18,19). The number of nitrogens with one attached hydrogen (secondary N) is 2. The molecule has 0 radical (unpaired) electrons. The summed E-state index contributed by atoms with van der Waals surface area (Å²) in [5.74, 6) is 2.29. The molecule has 0 amide bonds. The van der Waals surface area contributed by atoms with Crippen LogP contribution in [0, 0.1) is 13.8 Å². The summed E-state index contributed by atoms with van der Waals surface area (Å²) in [6, 6.07) is 1.88. The Kier molecular flexibility index (Phi) is 6.75. The monoisotopic (exact) mass is 295 g/mol. The lowest BCUT2D eigenvalue weighted by Crippen LogP contribution is -2.39. The molecule has 1 unspecified atom stereocenters. The molecule has 0 aliphatic heterocycles. The van der Waals surface area contributed by atoms with Crippen molar-refractivity contribution >= 4 is 5.96 Å². The van der Waals surface area contributed by atoms with Gasteiger partial charge in [0.1, 0.15) is 17.1 Å². The highest BCUT2D eigenvalue weighted by Gasteiger charge is 2.27. The van der Waals surface area contributed by atoms with Gasteiger partial charge in [0.25, 0.3) is 0 Å². The summed E-state index contributed by atoms with van der Waals surface area (Å²) in [5.41, 5.74) is -0.234. The number of rotatable bonds is 7. The van der Waals surface area contributed by atoms with E-state index in [0.29, 0.717) is 0 Å². The number of hydrogen-bond acceptors (Lipinski definition) is 3. The van der Waals surface area contributed by atoms with Gasteiger partial charge >= 0.3 is 0 Å². The Hall–Kier alpha value is -1.49. The average molecular weight is 295 g/mol. The second-order valence-corrected chi connectivity index (χ2v) is 5.58. The number of hydrogen-bond donors (Lipinski definition) is 3. The van der Waals surface area contributed by atoms with Crippen LogP contribution in [0.2, 0.25) is 0 Å². The summed E-state index contributed by atoms with van der Waals surface area (Å²) in [6.45, 7) is 11.7. The van der Waals surface area contributed by atoms with E-state index < -0.39 is 5.60 Å². The van der Waals surface area contributed by atoms with Crippen molar-refractivity contribution in [1.82, 2.24) is 10.6 Å². The van der Waals surface area contributed by atoms with Crippen molar-refractivity contribution in [1.29, 1.82) is 0 Å². The minimum Gasteiger partial charge on any atom is -0.466 e. The van der Waals surface area contributed by atoms with Gasteiger partial charge in [-0.3, -0.25) is 0 Å². The molecule has 21 heavy (non-hydrogen) atoms. The van der Waals surface area contributed by atoms with Crippen molar-refractivity contribution in [2.75, 3.05) is 19.6 Å². The van der Waals surface area contributed by atoms with E-state index in [1.807, 2.05) is 26.8 Å². The second-order valence-electron chi connectivity index (χ2n) is 5.58. The van der Waals surface area contributed by atoms with E-state index in [1.165, 1.54) is 0 Å². The summed E-state index contributed by atoms with van der Waals surface area (Å²) < 4.78 is 5.49. The van der Waals surface area contributed by atoms with Crippen LogP contribution in [0.3, 0.4) is 0 Å². The molecule has 1 aromatic rings. The van der Waals surface area contributed by atoms with Crippen LogP contribution < -0.4 is 10.6 Å². The largest absolute Gasteiger partial charge is 0.466 e. The molecule has 1 heterocycles. The molecule has 0 aromatic carbocycles. The van der Waals surface area contributed by atoms with E-state index in [4.69, 9.17) is 4.42 Å². The van der Waals surface area contributed by atoms with Crippen LogP contribution in [0.15, 0.2) is 15.5 Å². The zero-order valence-corrected chi connectivity index (χ0v) is 13.9. The van der Waals surface area contributed by atoms with Crippen LogP contribution in [-0.2, 0) is 5.60 Å².